The van der Waals surface area contributed by atoms with Crippen LogP contribution in [0.2, 0.25) is 0 Å². The molecule has 15 heavy (non-hydrogen) atoms. The molecule has 0 aromatic heterocycles. The van der Waals surface area contributed by atoms with Gasteiger partial charge in [-0.15, -0.1) is 0 Å². The lowest BCUT2D eigenvalue weighted by atomic mass is 10.1. The van der Waals surface area contributed by atoms with Crippen molar-refractivity contribution in [3.8, 4) is 0 Å². The van der Waals surface area contributed by atoms with Gasteiger partial charge in [0.1, 0.15) is 0 Å². The molecule has 1 rings (SSSR count). The second-order valence-electron chi connectivity index (χ2n) is 4.18. The molecule has 0 bridgehead atoms. The molecule has 0 heterocycles. The maximum Gasteiger partial charge on any atom is 0.0578 e. The number of rotatable bonds is 4. The third-order valence-electron chi connectivity index (χ3n) is 3.01. The molecule has 3 N–H and O–H groups in total. The van der Waals surface area contributed by atoms with E-state index in [1.165, 1.54) is 11.1 Å². The first-order chi connectivity index (χ1) is 7.08. The van der Waals surface area contributed by atoms with Crippen molar-refractivity contribution in [3.63, 3.8) is 0 Å². The third kappa shape index (κ3) is 2.88. The summed E-state index contributed by atoms with van der Waals surface area (Å²) in [5, 5.41) is 3.49. The maximum atomic E-state index is 5.99. The van der Waals surface area contributed by atoms with E-state index in [-0.39, 0.29) is 0 Å². The zero-order chi connectivity index (χ0) is 11.4. The zero-order valence-corrected chi connectivity index (χ0v) is 10.2. The van der Waals surface area contributed by atoms with Gasteiger partial charge in [-0.05, 0) is 49.9 Å². The number of nitrogens with one attached hydrogen (secondary N) is 1. The van der Waals surface area contributed by atoms with Crippen molar-refractivity contribution in [1.29, 1.82) is 0 Å². The molecule has 84 valence electrons. The number of nitrogen functional groups attached to an aromatic ring is 1. The van der Waals surface area contributed by atoms with Crippen molar-refractivity contribution < 1.29 is 0 Å². The predicted octanol–water partition coefficient (Wildman–Crippen LogP) is 3.49. The summed E-state index contributed by atoms with van der Waals surface area (Å²) in [6.07, 6.45) is 2.26. The molecule has 0 unspecified atom stereocenters. The van der Waals surface area contributed by atoms with Crippen LogP contribution in [0, 0.1) is 13.8 Å². The molecule has 0 saturated carbocycles. The number of hydrogen-bond acceptors (Lipinski definition) is 2. The molecule has 0 saturated heterocycles. The Bertz CT molecular complexity index is 328. The summed E-state index contributed by atoms with van der Waals surface area (Å²) >= 11 is 0. The standard InChI is InChI=1S/C13H22N2/c1-5-11(6-2)15-13-8-10(4)9(3)7-12(13)14/h7-8,11,15H,5-6,14H2,1-4H3. The first kappa shape index (κ1) is 11.9. The van der Waals surface area contributed by atoms with Gasteiger partial charge in [-0.1, -0.05) is 13.8 Å². The number of aryl methyl sites for hydroxylation is 2. The second kappa shape index (κ2) is 5.06. The maximum absolute atomic E-state index is 5.99. The highest BCUT2D eigenvalue weighted by molar-refractivity contribution is 5.68. The second-order valence-corrected chi connectivity index (χ2v) is 4.18. The molecule has 0 fully saturated rings. The molecule has 1 aromatic rings. The van der Waals surface area contributed by atoms with Crippen LogP contribution in [-0.4, -0.2) is 6.04 Å². The van der Waals surface area contributed by atoms with Crippen molar-refractivity contribution in [3.05, 3.63) is 23.3 Å². The van der Waals surface area contributed by atoms with Gasteiger partial charge in [0.15, 0.2) is 0 Å². The van der Waals surface area contributed by atoms with Gasteiger partial charge in [0.25, 0.3) is 0 Å². The van der Waals surface area contributed by atoms with E-state index in [0.29, 0.717) is 6.04 Å². The first-order valence-electron chi connectivity index (χ1n) is 5.71. The van der Waals surface area contributed by atoms with Gasteiger partial charge in [0.2, 0.25) is 0 Å². The Kier molecular flexibility index (Phi) is 4.01. The van der Waals surface area contributed by atoms with Crippen LogP contribution < -0.4 is 11.1 Å². The molecular weight excluding hydrogens is 184 g/mol. The number of benzene rings is 1. The predicted molar refractivity (Wildman–Crippen MR) is 68.3 cm³/mol. The van der Waals surface area contributed by atoms with Crippen LogP contribution >= 0.6 is 0 Å². The van der Waals surface area contributed by atoms with Crippen LogP contribution in [0.25, 0.3) is 0 Å². The third-order valence-corrected chi connectivity index (χ3v) is 3.01. The van der Waals surface area contributed by atoms with E-state index in [4.69, 9.17) is 5.73 Å². The highest BCUT2D eigenvalue weighted by atomic mass is 14.9. The quantitative estimate of drug-likeness (QED) is 0.740. The Morgan fingerprint density at radius 3 is 2.20 bits per heavy atom. The van der Waals surface area contributed by atoms with Crippen LogP contribution in [0.15, 0.2) is 12.1 Å². The highest BCUT2D eigenvalue weighted by Crippen LogP contribution is 2.24. The Labute approximate surface area is 92.9 Å². The normalized spacial score (nSPS) is 10.7. The van der Waals surface area contributed by atoms with Crippen molar-refractivity contribution in [2.24, 2.45) is 0 Å². The Balaban J connectivity index is 2.89. The van der Waals surface area contributed by atoms with Crippen LogP contribution in [0.3, 0.4) is 0 Å². The fourth-order valence-corrected chi connectivity index (χ4v) is 1.68. The van der Waals surface area contributed by atoms with Crippen LogP contribution in [0.5, 0.6) is 0 Å². The lowest BCUT2D eigenvalue weighted by molar-refractivity contribution is 0.672. The van der Waals surface area contributed by atoms with E-state index in [2.05, 4.69) is 39.1 Å². The summed E-state index contributed by atoms with van der Waals surface area (Å²) in [5.41, 5.74) is 10.5. The van der Waals surface area contributed by atoms with Crippen molar-refractivity contribution in [1.82, 2.24) is 0 Å². The van der Waals surface area contributed by atoms with Gasteiger partial charge in [0, 0.05) is 6.04 Å². The summed E-state index contributed by atoms with van der Waals surface area (Å²) in [7, 11) is 0. The minimum Gasteiger partial charge on any atom is -0.397 e. The van der Waals surface area contributed by atoms with Crippen molar-refractivity contribution in [2.75, 3.05) is 11.1 Å². The van der Waals surface area contributed by atoms with E-state index in [1.54, 1.807) is 0 Å². The number of nitrogens with two attached hydrogens (primary N) is 1. The Hall–Kier alpha value is -1.18. The molecule has 0 atom stereocenters. The lowest BCUT2D eigenvalue weighted by Gasteiger charge is -2.19. The first-order valence-corrected chi connectivity index (χ1v) is 5.71. The van der Waals surface area contributed by atoms with Gasteiger partial charge < -0.3 is 11.1 Å². The topological polar surface area (TPSA) is 38.0 Å². The zero-order valence-electron chi connectivity index (χ0n) is 10.2. The van der Waals surface area contributed by atoms with Crippen LogP contribution in [0.4, 0.5) is 11.4 Å². The monoisotopic (exact) mass is 206 g/mol. The molecule has 0 amide bonds. The number of anilines is 2. The van der Waals surface area contributed by atoms with E-state index in [0.717, 1.165) is 24.2 Å². The van der Waals surface area contributed by atoms with Crippen molar-refractivity contribution >= 4 is 11.4 Å². The molecule has 0 aliphatic rings. The van der Waals surface area contributed by atoms with Gasteiger partial charge in [-0.2, -0.15) is 0 Å². The van der Waals surface area contributed by atoms with E-state index < -0.39 is 0 Å². The van der Waals surface area contributed by atoms with E-state index >= 15 is 0 Å². The largest absolute Gasteiger partial charge is 0.397 e. The summed E-state index contributed by atoms with van der Waals surface area (Å²) in [6, 6.07) is 4.71. The summed E-state index contributed by atoms with van der Waals surface area (Å²) in [5.74, 6) is 0. The molecular formula is C13H22N2. The minimum absolute atomic E-state index is 0.523. The molecule has 2 heteroatoms. The van der Waals surface area contributed by atoms with E-state index in [9.17, 15) is 0 Å². The fraction of sp³-hybridized carbons (Fsp3) is 0.538. The summed E-state index contributed by atoms with van der Waals surface area (Å²) in [4.78, 5) is 0. The van der Waals surface area contributed by atoms with Gasteiger partial charge in [-0.3, -0.25) is 0 Å². The smallest absolute Gasteiger partial charge is 0.0578 e. The Morgan fingerprint density at radius 2 is 1.67 bits per heavy atom. The molecule has 1 aromatic carbocycles. The van der Waals surface area contributed by atoms with Crippen LogP contribution in [-0.2, 0) is 0 Å². The van der Waals surface area contributed by atoms with Gasteiger partial charge in [-0.25, -0.2) is 0 Å². The van der Waals surface area contributed by atoms with Gasteiger partial charge in [0.05, 0.1) is 11.4 Å². The summed E-state index contributed by atoms with van der Waals surface area (Å²) in [6.45, 7) is 8.59. The average molecular weight is 206 g/mol. The molecule has 0 radical (unpaired) electrons. The van der Waals surface area contributed by atoms with Crippen LogP contribution in [0.1, 0.15) is 37.8 Å². The fourth-order valence-electron chi connectivity index (χ4n) is 1.68. The van der Waals surface area contributed by atoms with Gasteiger partial charge >= 0.3 is 0 Å². The van der Waals surface area contributed by atoms with E-state index in [1.807, 2.05) is 6.07 Å². The molecule has 0 spiro atoms. The van der Waals surface area contributed by atoms with Crippen molar-refractivity contribution in [2.45, 2.75) is 46.6 Å². The number of hydrogen-bond donors (Lipinski definition) is 2. The molecule has 2 nitrogen and oxygen atoms in total. The minimum atomic E-state index is 0.523. The SMILES string of the molecule is CCC(CC)Nc1cc(C)c(C)cc1N. The molecule has 0 aliphatic heterocycles. The average Bonchev–Trinajstić information content (AvgIpc) is 2.21. The molecule has 0 aliphatic carbocycles. The lowest BCUT2D eigenvalue weighted by Crippen LogP contribution is -2.18. The summed E-state index contributed by atoms with van der Waals surface area (Å²) < 4.78 is 0. The Morgan fingerprint density at radius 1 is 1.13 bits per heavy atom. The highest BCUT2D eigenvalue weighted by Gasteiger charge is 2.07.